The molecule has 0 aliphatic heterocycles. The van der Waals surface area contributed by atoms with Gasteiger partial charge in [0.15, 0.2) is 0 Å². The zero-order chi connectivity index (χ0) is 14.2. The Bertz CT molecular complexity index is 621. The van der Waals surface area contributed by atoms with Gasteiger partial charge in [-0.1, -0.05) is 18.2 Å². The first-order valence-electron chi connectivity index (χ1n) is 6.09. The third-order valence-corrected chi connectivity index (χ3v) is 2.49. The summed E-state index contributed by atoms with van der Waals surface area (Å²) < 4.78 is 5.60. The van der Waals surface area contributed by atoms with Crippen molar-refractivity contribution >= 4 is 5.91 Å². The number of hydrogen-bond donors (Lipinski definition) is 1. The van der Waals surface area contributed by atoms with E-state index in [0.29, 0.717) is 18.2 Å². The number of pyridine rings is 1. The Morgan fingerprint density at radius 2 is 2.20 bits per heavy atom. The molecule has 0 aliphatic carbocycles. The van der Waals surface area contributed by atoms with Gasteiger partial charge < -0.3 is 10.1 Å². The van der Waals surface area contributed by atoms with Crippen molar-refractivity contribution < 1.29 is 9.53 Å². The van der Waals surface area contributed by atoms with Crippen LogP contribution in [0.25, 0.3) is 0 Å². The second kappa shape index (κ2) is 6.90. The van der Waals surface area contributed by atoms with E-state index in [1.165, 1.54) is 0 Å². The van der Waals surface area contributed by atoms with Crippen molar-refractivity contribution in [1.29, 1.82) is 5.26 Å². The van der Waals surface area contributed by atoms with Crippen LogP contribution in [-0.4, -0.2) is 10.9 Å². The number of benzene rings is 1. The highest BCUT2D eigenvalue weighted by Crippen LogP contribution is 2.19. The first kappa shape index (κ1) is 13.6. The van der Waals surface area contributed by atoms with Gasteiger partial charge in [0.2, 0.25) is 11.8 Å². The summed E-state index contributed by atoms with van der Waals surface area (Å²) in [6.07, 6.45) is 1.52. The zero-order valence-corrected chi connectivity index (χ0v) is 10.7. The average Bonchev–Trinajstić information content (AvgIpc) is 2.47. The predicted molar refractivity (Wildman–Crippen MR) is 72.8 cm³/mol. The summed E-state index contributed by atoms with van der Waals surface area (Å²) in [6.45, 7) is 0.361. The van der Waals surface area contributed by atoms with Crippen molar-refractivity contribution in [1.82, 2.24) is 10.3 Å². The maximum absolute atomic E-state index is 11.2. The summed E-state index contributed by atoms with van der Waals surface area (Å²) in [4.78, 5) is 15.3. The molecule has 0 unspecified atom stereocenters. The second-order valence-corrected chi connectivity index (χ2v) is 4.03. The normalized spacial score (nSPS) is 9.55. The number of hydrogen-bond acceptors (Lipinski definition) is 4. The van der Waals surface area contributed by atoms with Gasteiger partial charge in [0.05, 0.1) is 6.07 Å². The number of ether oxygens (including phenoxy) is 1. The number of amides is 1. The van der Waals surface area contributed by atoms with Gasteiger partial charge in [0.1, 0.15) is 12.2 Å². The van der Waals surface area contributed by atoms with E-state index in [4.69, 9.17) is 10.00 Å². The van der Waals surface area contributed by atoms with Crippen molar-refractivity contribution in [2.75, 3.05) is 0 Å². The molecule has 100 valence electrons. The fourth-order valence-electron chi connectivity index (χ4n) is 1.58. The van der Waals surface area contributed by atoms with Crippen LogP contribution >= 0.6 is 0 Å². The number of aromatic nitrogens is 1. The van der Waals surface area contributed by atoms with E-state index in [2.05, 4.69) is 10.3 Å². The lowest BCUT2D eigenvalue weighted by Gasteiger charge is -2.07. The Labute approximate surface area is 116 Å². The molecule has 1 heterocycles. The van der Waals surface area contributed by atoms with Crippen LogP contribution in [0.1, 0.15) is 12.0 Å². The molecule has 1 aromatic heterocycles. The molecule has 0 aliphatic rings. The topological polar surface area (TPSA) is 75.0 Å². The van der Waals surface area contributed by atoms with Gasteiger partial charge in [-0.05, 0) is 23.8 Å². The lowest BCUT2D eigenvalue weighted by molar-refractivity contribution is -0.120. The Morgan fingerprint density at radius 3 is 2.95 bits per heavy atom. The Balaban J connectivity index is 1.98. The highest BCUT2D eigenvalue weighted by Gasteiger charge is 2.02. The minimum absolute atomic E-state index is 0.135. The number of carbonyl (C=O) groups excluding carboxylic acids is 1. The summed E-state index contributed by atoms with van der Waals surface area (Å²) in [7, 11) is 0. The molecule has 5 nitrogen and oxygen atoms in total. The van der Waals surface area contributed by atoms with Crippen LogP contribution < -0.4 is 10.1 Å². The van der Waals surface area contributed by atoms with E-state index in [9.17, 15) is 4.79 Å². The van der Waals surface area contributed by atoms with Gasteiger partial charge in [0, 0.05) is 18.8 Å². The molecule has 0 fully saturated rings. The molecule has 20 heavy (non-hydrogen) atoms. The van der Waals surface area contributed by atoms with E-state index >= 15 is 0 Å². The quantitative estimate of drug-likeness (QED) is 0.902. The molecule has 0 bridgehead atoms. The lowest BCUT2D eigenvalue weighted by Crippen LogP contribution is -2.21. The predicted octanol–water partition coefficient (Wildman–Crippen LogP) is 2.40. The Morgan fingerprint density at radius 1 is 1.30 bits per heavy atom. The molecule has 0 atom stereocenters. The van der Waals surface area contributed by atoms with Crippen molar-refractivity contribution in [2.24, 2.45) is 0 Å². The van der Waals surface area contributed by atoms with Crippen molar-refractivity contribution in [3.05, 3.63) is 54.2 Å². The summed E-state index contributed by atoms with van der Waals surface area (Å²) >= 11 is 0. The summed E-state index contributed by atoms with van der Waals surface area (Å²) in [6, 6.07) is 14.6. The van der Waals surface area contributed by atoms with Gasteiger partial charge in [-0.3, -0.25) is 4.79 Å². The monoisotopic (exact) mass is 267 g/mol. The van der Waals surface area contributed by atoms with E-state index in [-0.39, 0.29) is 12.3 Å². The first-order chi connectivity index (χ1) is 9.78. The maximum Gasteiger partial charge on any atom is 0.234 e. The van der Waals surface area contributed by atoms with E-state index in [1.54, 1.807) is 18.3 Å². The van der Waals surface area contributed by atoms with Crippen LogP contribution in [0.2, 0.25) is 0 Å². The minimum Gasteiger partial charge on any atom is -0.439 e. The van der Waals surface area contributed by atoms with Gasteiger partial charge in [-0.15, -0.1) is 0 Å². The van der Waals surface area contributed by atoms with Crippen LogP contribution in [0.3, 0.4) is 0 Å². The summed E-state index contributed by atoms with van der Waals surface area (Å²) in [5.74, 6) is 0.873. The molecule has 1 amide bonds. The van der Waals surface area contributed by atoms with Crippen LogP contribution in [0.4, 0.5) is 0 Å². The number of nitrogens with one attached hydrogen (secondary N) is 1. The van der Waals surface area contributed by atoms with Gasteiger partial charge >= 0.3 is 0 Å². The Hall–Kier alpha value is -2.87. The highest BCUT2D eigenvalue weighted by atomic mass is 16.5. The largest absolute Gasteiger partial charge is 0.439 e. The van der Waals surface area contributed by atoms with Crippen LogP contribution in [0, 0.1) is 11.3 Å². The minimum atomic E-state index is -0.288. The molecule has 5 heteroatoms. The number of nitriles is 1. The SMILES string of the molecule is N#CCC(=O)NCc1cccc(Oc2ccccn2)c1. The molecule has 0 radical (unpaired) electrons. The third-order valence-electron chi connectivity index (χ3n) is 2.49. The van der Waals surface area contributed by atoms with E-state index in [1.807, 2.05) is 36.4 Å². The van der Waals surface area contributed by atoms with Crippen LogP contribution in [-0.2, 0) is 11.3 Å². The smallest absolute Gasteiger partial charge is 0.234 e. The zero-order valence-electron chi connectivity index (χ0n) is 10.7. The fourth-order valence-corrected chi connectivity index (χ4v) is 1.58. The molecular formula is C15H13N3O2. The molecule has 2 rings (SSSR count). The van der Waals surface area contributed by atoms with Gasteiger partial charge in [-0.25, -0.2) is 4.98 Å². The van der Waals surface area contributed by atoms with Crippen molar-refractivity contribution in [2.45, 2.75) is 13.0 Å². The molecule has 0 spiro atoms. The van der Waals surface area contributed by atoms with E-state index in [0.717, 1.165) is 5.56 Å². The molecule has 1 N–H and O–H groups in total. The molecule has 1 aromatic carbocycles. The molecule has 0 saturated heterocycles. The summed E-state index contributed by atoms with van der Waals surface area (Å²) in [5, 5.41) is 11.1. The average molecular weight is 267 g/mol. The molecule has 2 aromatic rings. The maximum atomic E-state index is 11.2. The third kappa shape index (κ3) is 4.10. The van der Waals surface area contributed by atoms with E-state index < -0.39 is 0 Å². The lowest BCUT2D eigenvalue weighted by atomic mass is 10.2. The van der Waals surface area contributed by atoms with Crippen LogP contribution in [0.5, 0.6) is 11.6 Å². The summed E-state index contributed by atoms with van der Waals surface area (Å²) in [5.41, 5.74) is 0.893. The van der Waals surface area contributed by atoms with Crippen LogP contribution in [0.15, 0.2) is 48.7 Å². The second-order valence-electron chi connectivity index (χ2n) is 4.03. The first-order valence-corrected chi connectivity index (χ1v) is 6.09. The fraction of sp³-hybridized carbons (Fsp3) is 0.133. The van der Waals surface area contributed by atoms with Gasteiger partial charge in [0.25, 0.3) is 0 Å². The van der Waals surface area contributed by atoms with Gasteiger partial charge in [-0.2, -0.15) is 5.26 Å². The molecular weight excluding hydrogens is 254 g/mol. The number of rotatable bonds is 5. The molecule has 0 saturated carbocycles. The highest BCUT2D eigenvalue weighted by molar-refractivity contribution is 5.77. The number of nitrogens with zero attached hydrogens (tertiary/aromatic N) is 2. The Kier molecular flexibility index (Phi) is 4.68. The number of carbonyl (C=O) groups is 1. The standard InChI is InChI=1S/C15H13N3O2/c16-8-7-14(19)18-11-12-4-3-5-13(10-12)20-15-6-1-2-9-17-15/h1-6,9-10H,7,11H2,(H,18,19). The van der Waals surface area contributed by atoms with Crippen molar-refractivity contribution in [3.63, 3.8) is 0 Å². The van der Waals surface area contributed by atoms with Crippen molar-refractivity contribution in [3.8, 4) is 17.7 Å².